The van der Waals surface area contributed by atoms with Crippen LogP contribution in [-0.4, -0.2) is 55.5 Å². The molecule has 0 radical (unpaired) electrons. The molecule has 2 atom stereocenters. The van der Waals surface area contributed by atoms with E-state index in [0.29, 0.717) is 30.0 Å². The standard InChI is InChI=1S/C31H36N6O3S/c1-18(7-9-27(39)29-14-20-13-22(38)8-10-28(20)41-29)23-5-4-6-24(19(23)2)25-16-26(31(40)34-33-25)32-30-15-21-17-36(3)11-12-37(21)35-30/h4-6,14-16,18,22,38H,7-13,17H2,1-3H3,(H,34,40)(H,32,33,35). The fourth-order valence-corrected chi connectivity index (χ4v) is 7.14. The Kier molecular flexibility index (Phi) is 7.63. The van der Waals surface area contributed by atoms with E-state index in [1.165, 1.54) is 4.88 Å². The van der Waals surface area contributed by atoms with Crippen molar-refractivity contribution in [2.45, 2.75) is 71.1 Å². The molecule has 3 N–H and O–H groups in total. The Morgan fingerprint density at radius 1 is 1.27 bits per heavy atom. The molecule has 0 amide bonds. The number of hydrogen-bond acceptors (Lipinski definition) is 8. The van der Waals surface area contributed by atoms with Gasteiger partial charge in [-0.25, -0.2) is 5.10 Å². The summed E-state index contributed by atoms with van der Waals surface area (Å²) in [7, 11) is 2.08. The predicted molar refractivity (Wildman–Crippen MR) is 161 cm³/mol. The lowest BCUT2D eigenvalue weighted by atomic mass is 9.88. The number of aryl methyl sites for hydroxylation is 1. The first-order valence-electron chi connectivity index (χ1n) is 14.3. The molecule has 1 aliphatic heterocycles. The average Bonchev–Trinajstić information content (AvgIpc) is 3.56. The maximum atomic E-state index is 13.0. The number of rotatable bonds is 8. The van der Waals surface area contributed by atoms with E-state index in [0.717, 1.165) is 71.7 Å². The van der Waals surface area contributed by atoms with Crippen LogP contribution in [-0.2, 0) is 25.9 Å². The van der Waals surface area contributed by atoms with Crippen LogP contribution in [0, 0.1) is 6.92 Å². The van der Waals surface area contributed by atoms with Crippen molar-refractivity contribution in [2.75, 3.05) is 18.9 Å². The van der Waals surface area contributed by atoms with Crippen molar-refractivity contribution in [1.29, 1.82) is 0 Å². The van der Waals surface area contributed by atoms with Crippen LogP contribution >= 0.6 is 11.3 Å². The fraction of sp³-hybridized carbons (Fsp3) is 0.419. The Hall–Kier alpha value is -3.60. The summed E-state index contributed by atoms with van der Waals surface area (Å²) in [5.74, 6) is 0.986. The van der Waals surface area contributed by atoms with Crippen molar-refractivity contribution in [2.24, 2.45) is 0 Å². The zero-order chi connectivity index (χ0) is 28.7. The van der Waals surface area contributed by atoms with Crippen LogP contribution in [0.2, 0.25) is 0 Å². The minimum atomic E-state index is -0.303. The number of H-pyrrole nitrogens is 1. The van der Waals surface area contributed by atoms with Crippen LogP contribution in [0.3, 0.4) is 0 Å². The molecule has 9 nitrogen and oxygen atoms in total. The van der Waals surface area contributed by atoms with Gasteiger partial charge in [-0.2, -0.15) is 10.2 Å². The smallest absolute Gasteiger partial charge is 0.287 e. The first-order chi connectivity index (χ1) is 19.7. The van der Waals surface area contributed by atoms with Gasteiger partial charge in [-0.15, -0.1) is 11.3 Å². The van der Waals surface area contributed by atoms with Crippen molar-refractivity contribution < 1.29 is 9.90 Å². The summed E-state index contributed by atoms with van der Waals surface area (Å²) in [5, 5.41) is 24.8. The third-order valence-corrected chi connectivity index (χ3v) is 9.65. The van der Waals surface area contributed by atoms with E-state index in [-0.39, 0.29) is 23.4 Å². The molecular formula is C31H36N6O3S. The number of aromatic amines is 1. The minimum absolute atomic E-state index is 0.171. The van der Waals surface area contributed by atoms with Gasteiger partial charge in [-0.05, 0) is 74.4 Å². The molecule has 10 heteroatoms. The van der Waals surface area contributed by atoms with Crippen molar-refractivity contribution in [3.63, 3.8) is 0 Å². The molecule has 6 rings (SSSR count). The molecule has 214 valence electrons. The molecule has 0 saturated carbocycles. The highest BCUT2D eigenvalue weighted by Gasteiger charge is 2.23. The van der Waals surface area contributed by atoms with Gasteiger partial charge in [0.1, 0.15) is 5.69 Å². The molecule has 0 spiro atoms. The largest absolute Gasteiger partial charge is 0.393 e. The Balaban J connectivity index is 1.17. The van der Waals surface area contributed by atoms with Crippen LogP contribution in [0.25, 0.3) is 11.3 Å². The van der Waals surface area contributed by atoms with E-state index in [1.54, 1.807) is 17.4 Å². The molecule has 4 aromatic rings. The molecule has 2 aliphatic rings. The van der Waals surface area contributed by atoms with Crippen molar-refractivity contribution in [3.8, 4) is 11.3 Å². The number of aliphatic hydroxyl groups excluding tert-OH is 1. The van der Waals surface area contributed by atoms with Crippen molar-refractivity contribution >= 4 is 28.6 Å². The second-order valence-corrected chi connectivity index (χ2v) is 12.6. The van der Waals surface area contributed by atoms with Gasteiger partial charge in [0.15, 0.2) is 11.6 Å². The number of nitrogens with zero attached hydrogens (tertiary/aromatic N) is 4. The number of aliphatic hydroxyl groups is 1. The SMILES string of the molecule is Cc1c(-c2cc(Nc3cc4n(n3)CCN(C)C4)c(=O)[nH]n2)cccc1C(C)CCC(=O)c1cc2c(s1)CCC(O)C2. The number of ketones is 1. The van der Waals surface area contributed by atoms with Crippen LogP contribution in [0.5, 0.6) is 0 Å². The van der Waals surface area contributed by atoms with Gasteiger partial charge in [-0.3, -0.25) is 19.2 Å². The molecule has 4 heterocycles. The van der Waals surface area contributed by atoms with E-state index in [4.69, 9.17) is 0 Å². The summed E-state index contributed by atoms with van der Waals surface area (Å²) in [6, 6.07) is 11.9. The van der Waals surface area contributed by atoms with Gasteiger partial charge in [0, 0.05) is 36.0 Å². The maximum Gasteiger partial charge on any atom is 0.287 e. The Morgan fingerprint density at radius 3 is 2.98 bits per heavy atom. The summed E-state index contributed by atoms with van der Waals surface area (Å²) in [5.41, 5.74) is 6.20. The Labute approximate surface area is 243 Å². The van der Waals surface area contributed by atoms with Gasteiger partial charge in [0.25, 0.3) is 5.56 Å². The van der Waals surface area contributed by atoms with Gasteiger partial charge in [-0.1, -0.05) is 25.1 Å². The zero-order valence-electron chi connectivity index (χ0n) is 23.7. The first kappa shape index (κ1) is 27.6. The molecule has 0 fully saturated rings. The number of benzene rings is 1. The number of fused-ring (bicyclic) bond motifs is 2. The van der Waals surface area contributed by atoms with Crippen LogP contribution in [0.4, 0.5) is 11.5 Å². The molecule has 2 unspecified atom stereocenters. The molecule has 0 saturated heterocycles. The number of carbonyl (C=O) groups is 1. The number of thiophene rings is 1. The number of likely N-dealkylation sites (N-methyl/N-ethyl adjacent to an activating group) is 1. The average molecular weight is 573 g/mol. The normalized spacial score (nSPS) is 17.6. The second kappa shape index (κ2) is 11.3. The highest BCUT2D eigenvalue weighted by atomic mass is 32.1. The number of carbonyl (C=O) groups excluding carboxylic acids is 1. The van der Waals surface area contributed by atoms with E-state index < -0.39 is 0 Å². The van der Waals surface area contributed by atoms with E-state index in [1.807, 2.05) is 28.9 Å². The molecular weight excluding hydrogens is 536 g/mol. The summed E-state index contributed by atoms with van der Waals surface area (Å²) in [6.45, 7) is 6.81. The summed E-state index contributed by atoms with van der Waals surface area (Å²) in [4.78, 5) is 30.0. The van der Waals surface area contributed by atoms with Gasteiger partial charge >= 0.3 is 0 Å². The number of nitrogens with one attached hydrogen (secondary N) is 2. The van der Waals surface area contributed by atoms with Crippen molar-refractivity contribution in [3.05, 3.63) is 78.9 Å². The highest BCUT2D eigenvalue weighted by molar-refractivity contribution is 7.14. The quantitative estimate of drug-likeness (QED) is 0.260. The Morgan fingerprint density at radius 2 is 2.12 bits per heavy atom. The van der Waals surface area contributed by atoms with E-state index >= 15 is 0 Å². The number of Topliss-reactive ketones (excluding diaryl/α,β-unsaturated/α-hetero) is 1. The van der Waals surface area contributed by atoms with E-state index in [9.17, 15) is 14.7 Å². The molecule has 0 bridgehead atoms. The third-order valence-electron chi connectivity index (χ3n) is 8.37. The summed E-state index contributed by atoms with van der Waals surface area (Å²) < 4.78 is 1.98. The maximum absolute atomic E-state index is 13.0. The monoisotopic (exact) mass is 572 g/mol. The number of aromatic nitrogens is 4. The molecule has 3 aromatic heterocycles. The Bertz CT molecular complexity index is 1650. The molecule has 1 aliphatic carbocycles. The van der Waals surface area contributed by atoms with E-state index in [2.05, 4.69) is 52.5 Å². The highest BCUT2D eigenvalue weighted by Crippen LogP contribution is 2.34. The van der Waals surface area contributed by atoms with Gasteiger partial charge < -0.3 is 10.4 Å². The fourth-order valence-electron chi connectivity index (χ4n) is 5.97. The van der Waals surface area contributed by atoms with Gasteiger partial charge in [0.2, 0.25) is 0 Å². The first-order valence-corrected chi connectivity index (χ1v) is 15.1. The lowest BCUT2D eigenvalue weighted by Crippen LogP contribution is -2.30. The molecule has 1 aromatic carbocycles. The number of anilines is 2. The van der Waals surface area contributed by atoms with Crippen LogP contribution in [0.1, 0.15) is 69.0 Å². The minimum Gasteiger partial charge on any atom is -0.393 e. The second-order valence-electron chi connectivity index (χ2n) is 11.4. The lowest BCUT2D eigenvalue weighted by Gasteiger charge is -2.22. The summed E-state index contributed by atoms with van der Waals surface area (Å²) in [6.07, 6.45) is 3.20. The zero-order valence-corrected chi connectivity index (χ0v) is 24.6. The lowest BCUT2D eigenvalue weighted by molar-refractivity contribution is 0.0981. The topological polar surface area (TPSA) is 116 Å². The van der Waals surface area contributed by atoms with Crippen LogP contribution in [0.15, 0.2) is 41.2 Å². The predicted octanol–water partition coefficient (Wildman–Crippen LogP) is 4.81. The number of hydrogen-bond donors (Lipinski definition) is 3. The summed E-state index contributed by atoms with van der Waals surface area (Å²) >= 11 is 1.59. The third kappa shape index (κ3) is 5.77. The van der Waals surface area contributed by atoms with Crippen LogP contribution < -0.4 is 10.9 Å². The molecule has 41 heavy (non-hydrogen) atoms. The van der Waals surface area contributed by atoms with Crippen molar-refractivity contribution in [1.82, 2.24) is 24.9 Å². The van der Waals surface area contributed by atoms with Gasteiger partial charge in [0.05, 0.1) is 28.9 Å².